The Bertz CT molecular complexity index is 312. The molecule has 2 heteroatoms. The van der Waals surface area contributed by atoms with Crippen molar-refractivity contribution >= 4 is 17.1 Å². The van der Waals surface area contributed by atoms with E-state index in [-0.39, 0.29) is 0 Å². The van der Waals surface area contributed by atoms with Crippen molar-refractivity contribution in [1.29, 1.82) is 0 Å². The summed E-state index contributed by atoms with van der Waals surface area (Å²) in [6.07, 6.45) is 3.86. The molecule has 84 valence electrons. The van der Waals surface area contributed by atoms with Crippen molar-refractivity contribution in [2.75, 3.05) is 0 Å². The smallest absolute Gasteiger partial charge is 0.173 e. The second-order valence-electron chi connectivity index (χ2n) is 4.34. The summed E-state index contributed by atoms with van der Waals surface area (Å²) in [5.41, 5.74) is 1.22. The van der Waals surface area contributed by atoms with Gasteiger partial charge in [-0.1, -0.05) is 27.2 Å². The lowest BCUT2D eigenvalue weighted by Gasteiger charge is -2.03. The minimum atomic E-state index is 0.336. The Hall–Kier alpha value is -0.630. The van der Waals surface area contributed by atoms with Crippen LogP contribution in [0.5, 0.6) is 0 Å². The van der Waals surface area contributed by atoms with Crippen LogP contribution < -0.4 is 0 Å². The zero-order chi connectivity index (χ0) is 11.3. The largest absolute Gasteiger partial charge is 0.293 e. The highest BCUT2D eigenvalue weighted by Gasteiger charge is 2.11. The Balaban J connectivity index is 2.47. The fraction of sp³-hybridized carbons (Fsp3) is 0.615. The van der Waals surface area contributed by atoms with E-state index in [9.17, 15) is 4.79 Å². The van der Waals surface area contributed by atoms with Gasteiger partial charge < -0.3 is 0 Å². The first kappa shape index (κ1) is 12.4. The van der Waals surface area contributed by atoms with Crippen LogP contribution in [0, 0.1) is 5.92 Å². The van der Waals surface area contributed by atoms with Gasteiger partial charge in [0.15, 0.2) is 5.78 Å². The first-order valence-corrected chi connectivity index (χ1v) is 6.62. The van der Waals surface area contributed by atoms with Crippen LogP contribution in [0.1, 0.15) is 55.3 Å². The third kappa shape index (κ3) is 3.78. The van der Waals surface area contributed by atoms with E-state index in [0.717, 1.165) is 24.1 Å². The third-order valence-corrected chi connectivity index (χ3v) is 3.56. The van der Waals surface area contributed by atoms with Crippen molar-refractivity contribution in [1.82, 2.24) is 0 Å². The Kier molecular flexibility index (Phi) is 5.03. The molecule has 0 aromatic carbocycles. The number of thiophene rings is 1. The number of carbonyl (C=O) groups excluding carboxylic acids is 1. The Morgan fingerprint density at radius 1 is 1.47 bits per heavy atom. The molecule has 0 bridgehead atoms. The summed E-state index contributed by atoms with van der Waals surface area (Å²) in [6.45, 7) is 6.51. The maximum absolute atomic E-state index is 11.9. The monoisotopic (exact) mass is 224 g/mol. The topological polar surface area (TPSA) is 17.1 Å². The molecule has 0 saturated heterocycles. The highest BCUT2D eigenvalue weighted by molar-refractivity contribution is 7.12. The molecule has 0 unspecified atom stereocenters. The number of carbonyl (C=O) groups is 1. The molecule has 1 aromatic rings. The van der Waals surface area contributed by atoms with E-state index in [1.54, 1.807) is 11.3 Å². The van der Waals surface area contributed by atoms with E-state index >= 15 is 0 Å². The van der Waals surface area contributed by atoms with E-state index in [2.05, 4.69) is 26.8 Å². The number of Topliss-reactive ketones (excluding diaryl/α,β-unsaturated/α-hetero) is 1. The molecule has 0 aliphatic carbocycles. The molecule has 0 saturated carbocycles. The standard InChI is InChI=1S/C13H20OS/c1-4-11-8-9-15-13(11)12(14)7-5-6-10(2)3/h8-10H,4-7H2,1-3H3. The third-order valence-electron chi connectivity index (χ3n) is 2.57. The molecule has 0 N–H and O–H groups in total. The number of rotatable bonds is 6. The molecular weight excluding hydrogens is 204 g/mol. The van der Waals surface area contributed by atoms with E-state index in [0.29, 0.717) is 18.1 Å². The van der Waals surface area contributed by atoms with Crippen LogP contribution in [0.2, 0.25) is 0 Å². The average molecular weight is 224 g/mol. The predicted molar refractivity (Wildman–Crippen MR) is 66.7 cm³/mol. The van der Waals surface area contributed by atoms with Crippen molar-refractivity contribution in [3.63, 3.8) is 0 Å². The van der Waals surface area contributed by atoms with E-state index in [1.807, 2.05) is 5.38 Å². The highest BCUT2D eigenvalue weighted by Crippen LogP contribution is 2.20. The lowest BCUT2D eigenvalue weighted by Crippen LogP contribution is -2.00. The summed E-state index contributed by atoms with van der Waals surface area (Å²) in [5, 5.41) is 2.02. The summed E-state index contributed by atoms with van der Waals surface area (Å²) >= 11 is 1.59. The second kappa shape index (κ2) is 6.06. The van der Waals surface area contributed by atoms with Crippen LogP contribution in [-0.4, -0.2) is 5.78 Å². The predicted octanol–water partition coefficient (Wildman–Crippen LogP) is 4.32. The van der Waals surface area contributed by atoms with Gasteiger partial charge in [0, 0.05) is 6.42 Å². The molecular formula is C13H20OS. The lowest BCUT2D eigenvalue weighted by atomic mass is 10.0. The van der Waals surface area contributed by atoms with Crippen molar-refractivity contribution in [2.45, 2.75) is 46.5 Å². The summed E-state index contributed by atoms with van der Waals surface area (Å²) in [6, 6.07) is 2.07. The zero-order valence-electron chi connectivity index (χ0n) is 9.88. The first-order valence-electron chi connectivity index (χ1n) is 5.74. The second-order valence-corrected chi connectivity index (χ2v) is 5.25. The van der Waals surface area contributed by atoms with Crippen molar-refractivity contribution in [2.24, 2.45) is 5.92 Å². The average Bonchev–Trinajstić information content (AvgIpc) is 2.64. The Morgan fingerprint density at radius 2 is 2.20 bits per heavy atom. The van der Waals surface area contributed by atoms with Crippen LogP contribution in [-0.2, 0) is 6.42 Å². The van der Waals surface area contributed by atoms with Gasteiger partial charge in [-0.15, -0.1) is 11.3 Å². The lowest BCUT2D eigenvalue weighted by molar-refractivity contribution is 0.0981. The van der Waals surface area contributed by atoms with Crippen molar-refractivity contribution < 1.29 is 4.79 Å². The Morgan fingerprint density at radius 3 is 2.80 bits per heavy atom. The molecule has 0 aliphatic heterocycles. The van der Waals surface area contributed by atoms with Gasteiger partial charge in [0.2, 0.25) is 0 Å². The highest BCUT2D eigenvalue weighted by atomic mass is 32.1. The van der Waals surface area contributed by atoms with Crippen LogP contribution >= 0.6 is 11.3 Å². The minimum Gasteiger partial charge on any atom is -0.293 e. The zero-order valence-corrected chi connectivity index (χ0v) is 10.7. The van der Waals surface area contributed by atoms with E-state index in [4.69, 9.17) is 0 Å². The first-order chi connectivity index (χ1) is 7.15. The van der Waals surface area contributed by atoms with Gasteiger partial charge in [-0.05, 0) is 35.8 Å². The number of hydrogen-bond acceptors (Lipinski definition) is 2. The van der Waals surface area contributed by atoms with Gasteiger partial charge in [0.25, 0.3) is 0 Å². The van der Waals surface area contributed by atoms with Crippen LogP contribution in [0.25, 0.3) is 0 Å². The SMILES string of the molecule is CCc1ccsc1C(=O)CCCC(C)C. The van der Waals surface area contributed by atoms with Crippen LogP contribution in [0.4, 0.5) is 0 Å². The summed E-state index contributed by atoms with van der Waals surface area (Å²) in [5.74, 6) is 1.04. The van der Waals surface area contributed by atoms with Gasteiger partial charge >= 0.3 is 0 Å². The number of aryl methyl sites for hydroxylation is 1. The number of ketones is 1. The quantitative estimate of drug-likeness (QED) is 0.658. The molecule has 1 nitrogen and oxygen atoms in total. The molecule has 0 radical (unpaired) electrons. The maximum atomic E-state index is 11.9. The molecule has 1 aromatic heterocycles. The van der Waals surface area contributed by atoms with Crippen LogP contribution in [0.15, 0.2) is 11.4 Å². The van der Waals surface area contributed by atoms with Crippen LogP contribution in [0.3, 0.4) is 0 Å². The Labute approximate surface area is 96.5 Å². The molecule has 15 heavy (non-hydrogen) atoms. The van der Waals surface area contributed by atoms with E-state index < -0.39 is 0 Å². The van der Waals surface area contributed by atoms with Crippen molar-refractivity contribution in [3.8, 4) is 0 Å². The van der Waals surface area contributed by atoms with Gasteiger partial charge in [-0.2, -0.15) is 0 Å². The normalized spacial score (nSPS) is 10.9. The minimum absolute atomic E-state index is 0.336. The number of hydrogen-bond donors (Lipinski definition) is 0. The maximum Gasteiger partial charge on any atom is 0.173 e. The molecule has 0 atom stereocenters. The fourth-order valence-electron chi connectivity index (χ4n) is 1.64. The molecule has 0 aliphatic rings. The summed E-state index contributed by atoms with van der Waals surface area (Å²) < 4.78 is 0. The molecule has 0 fully saturated rings. The van der Waals surface area contributed by atoms with Gasteiger partial charge in [-0.3, -0.25) is 4.79 Å². The molecule has 1 rings (SSSR count). The van der Waals surface area contributed by atoms with Gasteiger partial charge in [-0.25, -0.2) is 0 Å². The van der Waals surface area contributed by atoms with Gasteiger partial charge in [0.1, 0.15) is 0 Å². The van der Waals surface area contributed by atoms with Crippen molar-refractivity contribution in [3.05, 3.63) is 21.9 Å². The van der Waals surface area contributed by atoms with E-state index in [1.165, 1.54) is 5.56 Å². The van der Waals surface area contributed by atoms with Gasteiger partial charge in [0.05, 0.1) is 4.88 Å². The molecule has 0 spiro atoms. The fourth-order valence-corrected chi connectivity index (χ4v) is 2.61. The molecule has 0 amide bonds. The summed E-state index contributed by atoms with van der Waals surface area (Å²) in [7, 11) is 0. The molecule has 1 heterocycles. The summed E-state index contributed by atoms with van der Waals surface area (Å²) in [4.78, 5) is 12.9.